The van der Waals surface area contributed by atoms with Crippen molar-refractivity contribution in [2.24, 2.45) is 5.73 Å². The first-order valence-corrected chi connectivity index (χ1v) is 10.2. The molecule has 1 unspecified atom stereocenters. The van der Waals surface area contributed by atoms with Crippen molar-refractivity contribution < 1.29 is 23.9 Å². The van der Waals surface area contributed by atoms with Crippen LogP contribution in [0.25, 0.3) is 0 Å². The van der Waals surface area contributed by atoms with Crippen LogP contribution in [0.3, 0.4) is 0 Å². The first-order chi connectivity index (χ1) is 14.4. The Hall–Kier alpha value is -2.62. The van der Waals surface area contributed by atoms with Gasteiger partial charge in [-0.2, -0.15) is 0 Å². The number of imide groups is 2. The van der Waals surface area contributed by atoms with E-state index in [0.29, 0.717) is 31.9 Å². The summed E-state index contributed by atoms with van der Waals surface area (Å²) in [6.07, 6.45) is 1.93. The number of nitrogens with one attached hydrogen (secondary N) is 1. The highest BCUT2D eigenvalue weighted by Gasteiger charge is 2.44. The van der Waals surface area contributed by atoms with Crippen LogP contribution in [0.1, 0.15) is 52.0 Å². The molecule has 1 atom stereocenters. The molecule has 4 rings (SSSR count). The minimum Gasteiger partial charge on any atom is -0.381 e. The van der Waals surface area contributed by atoms with Gasteiger partial charge in [0.1, 0.15) is 6.04 Å². The fraction of sp³-hybridized carbons (Fsp3) is 0.524. The zero-order valence-corrected chi connectivity index (χ0v) is 17.0. The van der Waals surface area contributed by atoms with Crippen LogP contribution in [0.15, 0.2) is 18.2 Å². The van der Waals surface area contributed by atoms with Crippen LogP contribution in [-0.2, 0) is 20.9 Å². The van der Waals surface area contributed by atoms with Gasteiger partial charge in [-0.1, -0.05) is 6.07 Å². The van der Waals surface area contributed by atoms with E-state index in [9.17, 15) is 19.2 Å². The topological polar surface area (TPSA) is 122 Å². The lowest BCUT2D eigenvalue weighted by molar-refractivity contribution is -0.136. The minimum atomic E-state index is -0.955. The van der Waals surface area contributed by atoms with Crippen molar-refractivity contribution >= 4 is 23.6 Å². The van der Waals surface area contributed by atoms with E-state index in [-0.39, 0.29) is 29.9 Å². The molecule has 0 spiro atoms. The van der Waals surface area contributed by atoms with Crippen molar-refractivity contribution in [2.45, 2.75) is 43.8 Å². The number of benzene rings is 1. The van der Waals surface area contributed by atoms with Crippen LogP contribution in [0.5, 0.6) is 0 Å². The molecule has 1 aromatic rings. The maximum Gasteiger partial charge on any atom is 0.262 e. The molecule has 3 aliphatic heterocycles. The fourth-order valence-corrected chi connectivity index (χ4v) is 4.55. The molecule has 160 valence electrons. The summed E-state index contributed by atoms with van der Waals surface area (Å²) in [5.41, 5.74) is 7.40. The Kier molecular flexibility index (Phi) is 5.44. The summed E-state index contributed by atoms with van der Waals surface area (Å²) in [4.78, 5) is 52.6. The molecule has 3 aliphatic rings. The minimum absolute atomic E-state index is 0.102. The highest BCUT2D eigenvalue weighted by molar-refractivity contribution is 6.23. The predicted octanol–water partition coefficient (Wildman–Crippen LogP) is 0.0275. The Labute approximate surface area is 174 Å². The second kappa shape index (κ2) is 7.90. The monoisotopic (exact) mass is 414 g/mol. The van der Waals surface area contributed by atoms with Crippen molar-refractivity contribution in [1.82, 2.24) is 15.1 Å². The number of hydrogen-bond donors (Lipinski definition) is 2. The predicted molar refractivity (Wildman–Crippen MR) is 106 cm³/mol. The van der Waals surface area contributed by atoms with Gasteiger partial charge >= 0.3 is 0 Å². The molecule has 9 heteroatoms. The summed E-state index contributed by atoms with van der Waals surface area (Å²) in [6.45, 7) is 2.42. The zero-order chi connectivity index (χ0) is 21.5. The van der Waals surface area contributed by atoms with Crippen LogP contribution in [0.4, 0.5) is 0 Å². The molecule has 3 heterocycles. The van der Waals surface area contributed by atoms with Crippen LogP contribution < -0.4 is 11.1 Å². The van der Waals surface area contributed by atoms with E-state index < -0.39 is 23.8 Å². The number of nitrogens with two attached hydrogens (primary N) is 1. The summed E-state index contributed by atoms with van der Waals surface area (Å²) >= 11 is 0. The quantitative estimate of drug-likeness (QED) is 0.652. The molecule has 3 N–H and O–H groups in total. The summed E-state index contributed by atoms with van der Waals surface area (Å²) in [5, 5.41) is 2.21. The third-order valence-corrected chi connectivity index (χ3v) is 6.54. The van der Waals surface area contributed by atoms with E-state index in [1.54, 1.807) is 12.1 Å². The molecule has 2 fully saturated rings. The number of likely N-dealkylation sites (N-methyl/N-ethyl adjacent to an activating group) is 1. The van der Waals surface area contributed by atoms with Gasteiger partial charge in [-0.05, 0) is 44.0 Å². The van der Waals surface area contributed by atoms with E-state index in [2.05, 4.69) is 10.2 Å². The van der Waals surface area contributed by atoms with Crippen molar-refractivity contribution in [3.63, 3.8) is 0 Å². The smallest absolute Gasteiger partial charge is 0.262 e. The number of piperidine rings is 1. The van der Waals surface area contributed by atoms with Crippen molar-refractivity contribution in [3.05, 3.63) is 34.9 Å². The third-order valence-electron chi connectivity index (χ3n) is 6.54. The van der Waals surface area contributed by atoms with E-state index in [4.69, 9.17) is 10.5 Å². The highest BCUT2D eigenvalue weighted by Crippen LogP contribution is 2.31. The highest BCUT2D eigenvalue weighted by atomic mass is 16.5. The average Bonchev–Trinajstić information content (AvgIpc) is 2.98. The number of carbonyl (C=O) groups excluding carboxylic acids is 4. The Morgan fingerprint density at radius 2 is 1.87 bits per heavy atom. The van der Waals surface area contributed by atoms with Crippen LogP contribution in [0.2, 0.25) is 0 Å². The molecular weight excluding hydrogens is 388 g/mol. The van der Waals surface area contributed by atoms with Crippen LogP contribution in [-0.4, -0.2) is 71.8 Å². The first kappa shape index (κ1) is 20.6. The van der Waals surface area contributed by atoms with Gasteiger partial charge in [0.15, 0.2) is 0 Å². The van der Waals surface area contributed by atoms with Gasteiger partial charge in [0.25, 0.3) is 11.8 Å². The Morgan fingerprint density at radius 3 is 2.53 bits per heavy atom. The lowest BCUT2D eigenvalue weighted by atomic mass is 9.88. The van der Waals surface area contributed by atoms with Crippen LogP contribution in [0, 0.1) is 0 Å². The molecule has 0 aromatic heterocycles. The second-order valence-electron chi connectivity index (χ2n) is 8.22. The van der Waals surface area contributed by atoms with Crippen molar-refractivity contribution in [2.75, 3.05) is 26.8 Å². The summed E-state index contributed by atoms with van der Waals surface area (Å²) in [5.74, 6) is -1.98. The van der Waals surface area contributed by atoms with E-state index in [1.807, 2.05) is 13.1 Å². The average molecular weight is 414 g/mol. The lowest BCUT2D eigenvalue weighted by Gasteiger charge is -2.44. The molecule has 4 amide bonds. The summed E-state index contributed by atoms with van der Waals surface area (Å²) in [7, 11) is 2.01. The first-order valence-electron chi connectivity index (χ1n) is 10.2. The summed E-state index contributed by atoms with van der Waals surface area (Å²) < 4.78 is 5.47. The van der Waals surface area contributed by atoms with Gasteiger partial charge in [-0.15, -0.1) is 0 Å². The molecule has 1 aromatic carbocycles. The normalized spacial score (nSPS) is 23.7. The number of rotatable bonds is 5. The largest absolute Gasteiger partial charge is 0.381 e. The molecule has 0 radical (unpaired) electrons. The standard InChI is InChI=1S/C21H26N4O5/c1-24(21(12-22)6-8-30-9-7-21)11-13-2-3-14-15(10-13)20(29)25(19(14)28)16-4-5-17(26)23-18(16)27/h2-3,10,16H,4-9,11-12,22H2,1H3,(H,23,26,27). The van der Waals surface area contributed by atoms with Gasteiger partial charge in [-0.3, -0.25) is 34.3 Å². The van der Waals surface area contributed by atoms with E-state index >= 15 is 0 Å². The maximum atomic E-state index is 13.0. The van der Waals surface area contributed by atoms with Gasteiger partial charge in [-0.25, -0.2) is 0 Å². The molecule has 30 heavy (non-hydrogen) atoms. The Bertz CT molecular complexity index is 909. The number of carbonyl (C=O) groups is 4. The number of ether oxygens (including phenoxy) is 1. The summed E-state index contributed by atoms with van der Waals surface area (Å²) in [6, 6.07) is 4.24. The van der Waals surface area contributed by atoms with Gasteiger partial charge in [0, 0.05) is 38.3 Å². The van der Waals surface area contributed by atoms with Crippen molar-refractivity contribution in [1.29, 1.82) is 0 Å². The molecule has 9 nitrogen and oxygen atoms in total. The molecule has 0 bridgehead atoms. The SMILES string of the molecule is CN(Cc1ccc2c(c1)C(=O)N(C1CCC(=O)NC1=O)C2=O)C1(CN)CCOCC1. The third kappa shape index (κ3) is 3.42. The Morgan fingerprint density at radius 1 is 1.17 bits per heavy atom. The number of amides is 4. The van der Waals surface area contributed by atoms with Gasteiger partial charge in [0.05, 0.1) is 11.1 Å². The van der Waals surface area contributed by atoms with E-state index in [1.165, 1.54) is 0 Å². The second-order valence-corrected chi connectivity index (χ2v) is 8.22. The molecule has 2 saturated heterocycles. The van der Waals surface area contributed by atoms with E-state index in [0.717, 1.165) is 23.3 Å². The van der Waals surface area contributed by atoms with Gasteiger partial charge < -0.3 is 10.5 Å². The molecule has 0 saturated carbocycles. The van der Waals surface area contributed by atoms with Crippen molar-refractivity contribution in [3.8, 4) is 0 Å². The van der Waals surface area contributed by atoms with Crippen LogP contribution >= 0.6 is 0 Å². The van der Waals surface area contributed by atoms with Gasteiger partial charge in [0.2, 0.25) is 11.8 Å². The number of fused-ring (bicyclic) bond motifs is 1. The number of nitrogens with zero attached hydrogens (tertiary/aromatic N) is 2. The lowest BCUT2D eigenvalue weighted by Crippen LogP contribution is -2.54. The zero-order valence-electron chi connectivity index (χ0n) is 17.0. The number of hydrogen-bond acceptors (Lipinski definition) is 7. The molecular formula is C21H26N4O5. The fourth-order valence-electron chi connectivity index (χ4n) is 4.55. The molecule has 0 aliphatic carbocycles. The maximum absolute atomic E-state index is 13.0. The Balaban J connectivity index is 1.55.